The summed E-state index contributed by atoms with van der Waals surface area (Å²) >= 11 is 0. The largest absolute Gasteiger partial charge is 0.419 e. The van der Waals surface area contributed by atoms with E-state index in [4.69, 9.17) is 0 Å². The summed E-state index contributed by atoms with van der Waals surface area (Å²) in [5.41, 5.74) is -2.24. The van der Waals surface area contributed by atoms with E-state index in [0.29, 0.717) is 6.07 Å². The van der Waals surface area contributed by atoms with Crippen LogP contribution in [0.15, 0.2) is 36.4 Å². The van der Waals surface area contributed by atoms with Gasteiger partial charge in [-0.05, 0) is 31.2 Å². The first kappa shape index (κ1) is 33.9. The van der Waals surface area contributed by atoms with Crippen molar-refractivity contribution in [2.75, 3.05) is 0 Å². The molecular formula is C23H31F6NO2. The minimum absolute atomic E-state index is 0.0767. The fraction of sp³-hybridized carbons (Fsp3) is 0.435. The molecule has 32 heavy (non-hydrogen) atoms. The number of hydrogen-bond acceptors (Lipinski definition) is 3. The molecular weight excluding hydrogens is 436 g/mol. The lowest BCUT2D eigenvalue weighted by Crippen LogP contribution is -2.11. The molecule has 3 nitrogen and oxygen atoms in total. The van der Waals surface area contributed by atoms with Crippen molar-refractivity contribution in [1.29, 1.82) is 0 Å². The van der Waals surface area contributed by atoms with Crippen LogP contribution in [0.4, 0.5) is 26.3 Å². The number of hydrogen-bond donors (Lipinski definition) is 0. The summed E-state index contributed by atoms with van der Waals surface area (Å²) in [4.78, 5) is 24.9. The lowest BCUT2D eigenvalue weighted by molar-refractivity contribution is -0.140. The van der Waals surface area contributed by atoms with Gasteiger partial charge in [-0.3, -0.25) is 9.59 Å². The Labute approximate surface area is 185 Å². The van der Waals surface area contributed by atoms with Gasteiger partial charge in [0, 0.05) is 6.92 Å². The van der Waals surface area contributed by atoms with E-state index in [9.17, 15) is 35.9 Å². The van der Waals surface area contributed by atoms with Crippen LogP contribution in [0.5, 0.6) is 0 Å². The first-order valence-corrected chi connectivity index (χ1v) is 10.1. The number of nitrogens with zero attached hydrogens (tertiary/aromatic N) is 1. The van der Waals surface area contributed by atoms with Crippen molar-refractivity contribution in [3.63, 3.8) is 0 Å². The van der Waals surface area contributed by atoms with Crippen molar-refractivity contribution in [3.05, 3.63) is 64.7 Å². The second kappa shape index (κ2) is 17.9. The standard InChI is InChI=1S/C9H6F4O.C8H7F2NO.3C2H6/c1-5(14)6-3-2-4-7(8(6)10)9(11,12)13;1-5(12)6-3-2-4-7(11-6)8(9)10;3*1-2/h2-4H,1H3;2-4,8H,1H3;3*1-2H3. The number of alkyl halides is 5. The number of benzene rings is 1. The molecule has 0 aliphatic rings. The monoisotopic (exact) mass is 467 g/mol. The van der Waals surface area contributed by atoms with Gasteiger partial charge in [0.2, 0.25) is 0 Å². The summed E-state index contributed by atoms with van der Waals surface area (Å²) in [6.07, 6.45) is -7.39. The number of pyridine rings is 1. The van der Waals surface area contributed by atoms with Crippen LogP contribution in [0.1, 0.15) is 93.9 Å². The quantitative estimate of drug-likeness (QED) is 0.337. The number of carbonyl (C=O) groups is 2. The highest BCUT2D eigenvalue weighted by atomic mass is 19.4. The highest BCUT2D eigenvalue weighted by Crippen LogP contribution is 2.32. The van der Waals surface area contributed by atoms with E-state index in [1.807, 2.05) is 41.5 Å². The molecule has 0 bridgehead atoms. The van der Waals surface area contributed by atoms with Gasteiger partial charge in [0.15, 0.2) is 11.6 Å². The Balaban J connectivity index is -0.000000429. The molecule has 0 fully saturated rings. The SMILES string of the molecule is CC.CC.CC.CC(=O)c1cccc(C(F)(F)F)c1F.CC(=O)c1cccc(C(F)F)n1. The minimum Gasteiger partial charge on any atom is -0.294 e. The number of halogens is 6. The van der Waals surface area contributed by atoms with Crippen molar-refractivity contribution in [3.8, 4) is 0 Å². The number of ketones is 2. The van der Waals surface area contributed by atoms with Gasteiger partial charge >= 0.3 is 6.18 Å². The molecule has 0 radical (unpaired) electrons. The Kier molecular flexibility index (Phi) is 19.0. The van der Waals surface area contributed by atoms with Gasteiger partial charge in [-0.15, -0.1) is 0 Å². The normalized spacial score (nSPS) is 9.47. The zero-order chi connectivity index (χ0) is 26.1. The summed E-state index contributed by atoms with van der Waals surface area (Å²) in [5.74, 6) is -2.54. The summed E-state index contributed by atoms with van der Waals surface area (Å²) in [6.45, 7) is 14.3. The Bertz CT molecular complexity index is 805. The fourth-order valence-electron chi connectivity index (χ4n) is 1.79. The van der Waals surface area contributed by atoms with Gasteiger partial charge in [0.1, 0.15) is 17.2 Å². The predicted octanol–water partition coefficient (Wildman–Crippen LogP) is 8.35. The van der Waals surface area contributed by atoms with Crippen LogP contribution in [0.3, 0.4) is 0 Å². The first-order chi connectivity index (χ1) is 14.9. The van der Waals surface area contributed by atoms with Crippen LogP contribution in [0, 0.1) is 5.82 Å². The Morgan fingerprint density at radius 1 is 0.812 bits per heavy atom. The molecule has 2 rings (SSSR count). The van der Waals surface area contributed by atoms with Crippen molar-refractivity contribution >= 4 is 11.6 Å². The molecule has 0 unspecified atom stereocenters. The molecule has 2 aromatic rings. The van der Waals surface area contributed by atoms with E-state index < -0.39 is 35.3 Å². The number of rotatable bonds is 3. The maximum Gasteiger partial charge on any atom is 0.419 e. The maximum absolute atomic E-state index is 13.1. The molecule has 0 amide bonds. The fourth-order valence-corrected chi connectivity index (χ4v) is 1.79. The number of Topliss-reactive ketones (excluding diaryl/α,β-unsaturated/α-hetero) is 2. The van der Waals surface area contributed by atoms with Crippen LogP contribution < -0.4 is 0 Å². The lowest BCUT2D eigenvalue weighted by Gasteiger charge is -2.09. The maximum atomic E-state index is 13.1. The van der Waals surface area contributed by atoms with Crippen LogP contribution in [0.25, 0.3) is 0 Å². The molecule has 0 spiro atoms. The first-order valence-electron chi connectivity index (χ1n) is 10.1. The summed E-state index contributed by atoms with van der Waals surface area (Å²) < 4.78 is 73.6. The predicted molar refractivity (Wildman–Crippen MR) is 115 cm³/mol. The van der Waals surface area contributed by atoms with Crippen molar-refractivity contribution < 1.29 is 35.9 Å². The molecule has 1 aromatic carbocycles. The van der Waals surface area contributed by atoms with Crippen molar-refractivity contribution in [1.82, 2.24) is 4.98 Å². The summed E-state index contributed by atoms with van der Waals surface area (Å²) in [7, 11) is 0. The van der Waals surface area contributed by atoms with E-state index in [1.54, 1.807) is 0 Å². The molecule has 0 atom stereocenters. The number of aromatic nitrogens is 1. The lowest BCUT2D eigenvalue weighted by atomic mass is 10.1. The zero-order valence-corrected chi connectivity index (χ0v) is 19.6. The van der Waals surface area contributed by atoms with Crippen molar-refractivity contribution in [2.24, 2.45) is 0 Å². The van der Waals surface area contributed by atoms with E-state index in [0.717, 1.165) is 19.1 Å². The second-order valence-electron chi connectivity index (χ2n) is 5.03. The highest BCUT2D eigenvalue weighted by Gasteiger charge is 2.35. The molecule has 9 heteroatoms. The summed E-state index contributed by atoms with van der Waals surface area (Å²) in [6, 6.07) is 6.62. The number of carbonyl (C=O) groups excluding carboxylic acids is 2. The highest BCUT2D eigenvalue weighted by molar-refractivity contribution is 5.94. The molecule has 0 aliphatic heterocycles. The smallest absolute Gasteiger partial charge is 0.294 e. The molecule has 0 N–H and O–H groups in total. The van der Waals surface area contributed by atoms with Crippen molar-refractivity contribution in [2.45, 2.75) is 68.0 Å². The van der Waals surface area contributed by atoms with Crippen LogP contribution >= 0.6 is 0 Å². The third kappa shape index (κ3) is 12.2. The van der Waals surface area contributed by atoms with Crippen LogP contribution in [0.2, 0.25) is 0 Å². The van der Waals surface area contributed by atoms with Gasteiger partial charge in [0.25, 0.3) is 6.43 Å². The molecule has 1 heterocycles. The minimum atomic E-state index is -4.77. The Morgan fingerprint density at radius 2 is 1.28 bits per heavy atom. The van der Waals surface area contributed by atoms with Gasteiger partial charge < -0.3 is 0 Å². The van der Waals surface area contributed by atoms with Gasteiger partial charge in [-0.25, -0.2) is 18.2 Å². The zero-order valence-electron chi connectivity index (χ0n) is 19.6. The van der Waals surface area contributed by atoms with Gasteiger partial charge in [-0.1, -0.05) is 53.7 Å². The van der Waals surface area contributed by atoms with E-state index in [-0.39, 0.29) is 17.2 Å². The third-order valence-corrected chi connectivity index (χ3v) is 3.04. The molecule has 0 saturated heterocycles. The van der Waals surface area contributed by atoms with Crippen LogP contribution in [-0.4, -0.2) is 16.6 Å². The average Bonchev–Trinajstić information content (AvgIpc) is 2.77. The molecule has 0 saturated carbocycles. The van der Waals surface area contributed by atoms with Gasteiger partial charge in [0.05, 0.1) is 11.1 Å². The Morgan fingerprint density at radius 3 is 1.66 bits per heavy atom. The van der Waals surface area contributed by atoms with E-state index >= 15 is 0 Å². The van der Waals surface area contributed by atoms with Gasteiger partial charge in [-0.2, -0.15) is 13.2 Å². The Hall–Kier alpha value is -2.71. The van der Waals surface area contributed by atoms with E-state index in [1.165, 1.54) is 25.1 Å². The average molecular weight is 467 g/mol. The second-order valence-corrected chi connectivity index (χ2v) is 5.03. The molecule has 182 valence electrons. The van der Waals surface area contributed by atoms with Crippen LogP contribution in [-0.2, 0) is 6.18 Å². The third-order valence-electron chi connectivity index (χ3n) is 3.04. The molecule has 1 aromatic heterocycles. The molecule has 0 aliphatic carbocycles. The summed E-state index contributed by atoms with van der Waals surface area (Å²) in [5, 5.41) is 0. The topological polar surface area (TPSA) is 47.0 Å². The van der Waals surface area contributed by atoms with E-state index in [2.05, 4.69) is 4.98 Å².